The Labute approximate surface area is 128 Å². The Hall–Kier alpha value is -2.62. The molecular weight excluding hydrogens is 272 g/mol. The standard InChI is InChI=1S/C18H18N4/c1-3-16(18-20-13-8-4-5-9-14(13)21-18)22-12(2)19-15-10-6-7-11-17(15)22/h4-11,16H,3H2,1-2H3,(H,20,21). The van der Waals surface area contributed by atoms with Gasteiger partial charge < -0.3 is 9.55 Å². The van der Waals surface area contributed by atoms with Gasteiger partial charge in [-0.15, -0.1) is 0 Å². The molecule has 4 nitrogen and oxygen atoms in total. The molecule has 2 aromatic heterocycles. The van der Waals surface area contributed by atoms with Gasteiger partial charge in [-0.05, 0) is 37.6 Å². The molecule has 0 amide bonds. The number of hydrogen-bond acceptors (Lipinski definition) is 2. The van der Waals surface area contributed by atoms with Gasteiger partial charge in [-0.25, -0.2) is 9.97 Å². The first-order valence-electron chi connectivity index (χ1n) is 7.66. The van der Waals surface area contributed by atoms with Crippen LogP contribution >= 0.6 is 0 Å². The van der Waals surface area contributed by atoms with E-state index in [9.17, 15) is 0 Å². The molecule has 0 spiro atoms. The van der Waals surface area contributed by atoms with E-state index < -0.39 is 0 Å². The molecule has 2 heterocycles. The molecule has 0 saturated carbocycles. The lowest BCUT2D eigenvalue weighted by Gasteiger charge is -2.17. The predicted molar refractivity (Wildman–Crippen MR) is 89.0 cm³/mol. The maximum Gasteiger partial charge on any atom is 0.130 e. The zero-order valence-corrected chi connectivity index (χ0v) is 12.7. The third kappa shape index (κ3) is 1.91. The highest BCUT2D eigenvalue weighted by Crippen LogP contribution is 2.28. The fourth-order valence-corrected chi connectivity index (χ4v) is 3.19. The van der Waals surface area contributed by atoms with Crippen molar-refractivity contribution in [2.45, 2.75) is 26.3 Å². The molecule has 2 aromatic carbocycles. The summed E-state index contributed by atoms with van der Waals surface area (Å²) >= 11 is 0. The lowest BCUT2D eigenvalue weighted by Crippen LogP contribution is -2.13. The fourth-order valence-electron chi connectivity index (χ4n) is 3.19. The highest BCUT2D eigenvalue weighted by atomic mass is 15.1. The molecule has 1 N–H and O–H groups in total. The molecule has 0 aliphatic carbocycles. The van der Waals surface area contributed by atoms with Gasteiger partial charge in [0.15, 0.2) is 0 Å². The molecule has 4 rings (SSSR count). The summed E-state index contributed by atoms with van der Waals surface area (Å²) in [6, 6.07) is 16.6. The number of nitrogens with zero attached hydrogens (tertiary/aromatic N) is 3. The number of para-hydroxylation sites is 4. The summed E-state index contributed by atoms with van der Waals surface area (Å²) in [5, 5.41) is 0. The van der Waals surface area contributed by atoms with Crippen molar-refractivity contribution in [1.82, 2.24) is 19.5 Å². The maximum atomic E-state index is 4.78. The smallest absolute Gasteiger partial charge is 0.130 e. The van der Waals surface area contributed by atoms with Crippen LogP contribution < -0.4 is 0 Å². The Morgan fingerprint density at radius 2 is 1.73 bits per heavy atom. The molecule has 0 saturated heterocycles. The lowest BCUT2D eigenvalue weighted by atomic mass is 10.2. The van der Waals surface area contributed by atoms with E-state index in [0.29, 0.717) is 0 Å². The number of benzene rings is 2. The second kappa shape index (κ2) is 4.98. The van der Waals surface area contributed by atoms with Crippen LogP contribution in [0.3, 0.4) is 0 Å². The molecular formula is C18H18N4. The van der Waals surface area contributed by atoms with Crippen LogP contribution in [-0.2, 0) is 0 Å². The van der Waals surface area contributed by atoms with Crippen LogP contribution in [0, 0.1) is 6.92 Å². The van der Waals surface area contributed by atoms with Gasteiger partial charge in [-0.1, -0.05) is 31.2 Å². The zero-order valence-electron chi connectivity index (χ0n) is 12.7. The second-order valence-electron chi connectivity index (χ2n) is 5.58. The van der Waals surface area contributed by atoms with E-state index in [1.165, 1.54) is 0 Å². The van der Waals surface area contributed by atoms with E-state index in [1.807, 2.05) is 24.3 Å². The van der Waals surface area contributed by atoms with Crippen molar-refractivity contribution in [3.8, 4) is 0 Å². The largest absolute Gasteiger partial charge is 0.340 e. The Bertz CT molecular complexity index is 915. The van der Waals surface area contributed by atoms with Crippen molar-refractivity contribution in [2.24, 2.45) is 0 Å². The van der Waals surface area contributed by atoms with Gasteiger partial charge in [0.05, 0.1) is 28.1 Å². The third-order valence-corrected chi connectivity index (χ3v) is 4.19. The molecule has 0 aliphatic rings. The number of aromatic nitrogens is 4. The SMILES string of the molecule is CCC(c1nc2ccccc2[nH]1)n1c(C)nc2ccccc21. The summed E-state index contributed by atoms with van der Waals surface area (Å²) in [6.07, 6.45) is 0.959. The maximum absolute atomic E-state index is 4.78. The van der Waals surface area contributed by atoms with Crippen LogP contribution in [0.2, 0.25) is 0 Å². The topological polar surface area (TPSA) is 46.5 Å². The van der Waals surface area contributed by atoms with E-state index in [0.717, 1.165) is 40.1 Å². The number of fused-ring (bicyclic) bond motifs is 2. The van der Waals surface area contributed by atoms with Gasteiger partial charge in [0.25, 0.3) is 0 Å². The van der Waals surface area contributed by atoms with Crippen LogP contribution in [0.25, 0.3) is 22.1 Å². The summed E-state index contributed by atoms with van der Waals surface area (Å²) in [6.45, 7) is 4.25. The highest BCUT2D eigenvalue weighted by molar-refractivity contribution is 5.77. The van der Waals surface area contributed by atoms with Gasteiger partial charge in [-0.3, -0.25) is 0 Å². The molecule has 110 valence electrons. The van der Waals surface area contributed by atoms with E-state index in [-0.39, 0.29) is 6.04 Å². The van der Waals surface area contributed by atoms with Crippen molar-refractivity contribution in [1.29, 1.82) is 0 Å². The van der Waals surface area contributed by atoms with Crippen molar-refractivity contribution in [3.63, 3.8) is 0 Å². The normalized spacial score (nSPS) is 13.0. The molecule has 4 heteroatoms. The third-order valence-electron chi connectivity index (χ3n) is 4.19. The fraction of sp³-hybridized carbons (Fsp3) is 0.222. The predicted octanol–water partition coefficient (Wildman–Crippen LogP) is 4.22. The Morgan fingerprint density at radius 1 is 1.00 bits per heavy atom. The molecule has 0 bridgehead atoms. The number of aryl methyl sites for hydroxylation is 1. The Balaban J connectivity index is 1.92. The van der Waals surface area contributed by atoms with E-state index in [4.69, 9.17) is 4.98 Å². The first-order valence-corrected chi connectivity index (χ1v) is 7.66. The minimum absolute atomic E-state index is 0.166. The first-order chi connectivity index (χ1) is 10.8. The summed E-state index contributed by atoms with van der Waals surface area (Å²) in [4.78, 5) is 12.9. The quantitative estimate of drug-likeness (QED) is 0.614. The van der Waals surface area contributed by atoms with Crippen molar-refractivity contribution in [3.05, 3.63) is 60.2 Å². The summed E-state index contributed by atoms with van der Waals surface area (Å²) in [7, 11) is 0. The van der Waals surface area contributed by atoms with Gasteiger partial charge in [0, 0.05) is 0 Å². The van der Waals surface area contributed by atoms with Gasteiger partial charge in [-0.2, -0.15) is 0 Å². The average molecular weight is 290 g/mol. The van der Waals surface area contributed by atoms with Crippen molar-refractivity contribution in [2.75, 3.05) is 0 Å². The molecule has 1 unspecified atom stereocenters. The van der Waals surface area contributed by atoms with Crippen LogP contribution in [0.15, 0.2) is 48.5 Å². The van der Waals surface area contributed by atoms with Crippen LogP contribution in [0.4, 0.5) is 0 Å². The van der Waals surface area contributed by atoms with Gasteiger partial charge in [0.2, 0.25) is 0 Å². The van der Waals surface area contributed by atoms with Crippen LogP contribution in [-0.4, -0.2) is 19.5 Å². The zero-order chi connectivity index (χ0) is 15.1. The monoisotopic (exact) mass is 290 g/mol. The van der Waals surface area contributed by atoms with E-state index in [1.54, 1.807) is 0 Å². The number of H-pyrrole nitrogens is 1. The molecule has 0 aliphatic heterocycles. The molecule has 1 atom stereocenters. The van der Waals surface area contributed by atoms with Gasteiger partial charge in [0.1, 0.15) is 11.6 Å². The van der Waals surface area contributed by atoms with E-state index >= 15 is 0 Å². The summed E-state index contributed by atoms with van der Waals surface area (Å²) < 4.78 is 2.28. The minimum Gasteiger partial charge on any atom is -0.340 e. The summed E-state index contributed by atoms with van der Waals surface area (Å²) in [5.74, 6) is 2.02. The molecule has 0 fully saturated rings. The number of imidazole rings is 2. The van der Waals surface area contributed by atoms with Crippen molar-refractivity contribution >= 4 is 22.1 Å². The van der Waals surface area contributed by atoms with E-state index in [2.05, 4.69) is 52.6 Å². The molecule has 4 aromatic rings. The minimum atomic E-state index is 0.166. The Kier molecular flexibility index (Phi) is 2.96. The summed E-state index contributed by atoms with van der Waals surface area (Å²) in [5.41, 5.74) is 4.29. The number of aromatic amines is 1. The van der Waals surface area contributed by atoms with Crippen LogP contribution in [0.1, 0.15) is 31.0 Å². The number of nitrogens with one attached hydrogen (secondary N) is 1. The van der Waals surface area contributed by atoms with Crippen LogP contribution in [0.5, 0.6) is 0 Å². The van der Waals surface area contributed by atoms with Gasteiger partial charge >= 0.3 is 0 Å². The lowest BCUT2D eigenvalue weighted by molar-refractivity contribution is 0.542. The van der Waals surface area contributed by atoms with Crippen molar-refractivity contribution < 1.29 is 0 Å². The molecule has 0 radical (unpaired) electrons. The molecule has 22 heavy (non-hydrogen) atoms. The Morgan fingerprint density at radius 3 is 2.50 bits per heavy atom. The number of rotatable bonds is 3. The first kappa shape index (κ1) is 13.1. The highest BCUT2D eigenvalue weighted by Gasteiger charge is 2.20. The second-order valence-corrected chi connectivity index (χ2v) is 5.58. The average Bonchev–Trinajstić information content (AvgIpc) is 3.10. The number of hydrogen-bond donors (Lipinski definition) is 1.